The van der Waals surface area contributed by atoms with Crippen LogP contribution in [0.25, 0.3) is 5.57 Å². The number of hydrogen-bond donors (Lipinski definition) is 0. The molecule has 0 N–H and O–H groups in total. The van der Waals surface area contributed by atoms with Crippen molar-refractivity contribution in [3.05, 3.63) is 41.7 Å². The van der Waals surface area contributed by atoms with E-state index in [0.29, 0.717) is 0 Å². The van der Waals surface area contributed by atoms with Gasteiger partial charge in [0.1, 0.15) is 11.4 Å². The molecule has 0 amide bonds. The predicted octanol–water partition coefficient (Wildman–Crippen LogP) is 4.04. The van der Waals surface area contributed by atoms with Gasteiger partial charge in [-0.1, -0.05) is 30.3 Å². The van der Waals surface area contributed by atoms with E-state index in [2.05, 4.69) is 0 Å². The molecule has 1 aromatic rings. The Bertz CT molecular complexity index is 489. The van der Waals surface area contributed by atoms with E-state index in [1.807, 2.05) is 56.3 Å². The zero-order chi connectivity index (χ0) is 17.1. The first-order valence-electron chi connectivity index (χ1n) is 6.81. The average Bonchev–Trinajstić information content (AvgIpc) is 2.37. The number of nitrogens with zero attached hydrogens (tertiary/aromatic N) is 3. The summed E-state index contributed by atoms with van der Waals surface area (Å²) >= 11 is 0. The Morgan fingerprint density at radius 1 is 0.864 bits per heavy atom. The molecule has 0 aliphatic heterocycles. The molecular formula is C15H24F3N3P+. The molecule has 0 aliphatic carbocycles. The summed E-state index contributed by atoms with van der Waals surface area (Å²) in [7, 11) is 8.44. The summed E-state index contributed by atoms with van der Waals surface area (Å²) in [4.78, 5) is 0. The van der Waals surface area contributed by atoms with Gasteiger partial charge in [0.15, 0.2) is 0 Å². The van der Waals surface area contributed by atoms with Crippen molar-refractivity contribution < 1.29 is 13.2 Å². The quantitative estimate of drug-likeness (QED) is 0.753. The second-order valence-electron chi connectivity index (χ2n) is 5.56. The summed E-state index contributed by atoms with van der Waals surface area (Å²) in [6, 6.07) is 7.94. The first-order chi connectivity index (χ1) is 10.0. The number of hydrogen-bond acceptors (Lipinski definition) is 3. The maximum atomic E-state index is 13.6. The summed E-state index contributed by atoms with van der Waals surface area (Å²) in [5, 5.41) is 0. The Hall–Kier alpha value is -0.940. The summed E-state index contributed by atoms with van der Waals surface area (Å²) < 4.78 is 46.4. The first-order valence-corrected chi connectivity index (χ1v) is 8.52. The van der Waals surface area contributed by atoms with Gasteiger partial charge in [0.05, 0.1) is 0 Å². The van der Waals surface area contributed by atoms with Gasteiger partial charge in [-0.3, -0.25) is 0 Å². The van der Waals surface area contributed by atoms with Gasteiger partial charge in [0.2, 0.25) is 0 Å². The van der Waals surface area contributed by atoms with Crippen molar-refractivity contribution in [3.63, 3.8) is 0 Å². The fourth-order valence-electron chi connectivity index (χ4n) is 2.52. The van der Waals surface area contributed by atoms with Crippen LogP contribution in [0.2, 0.25) is 0 Å². The van der Waals surface area contributed by atoms with E-state index in [-0.39, 0.29) is 5.56 Å². The highest BCUT2D eigenvalue weighted by atomic mass is 31.2. The van der Waals surface area contributed by atoms with Crippen LogP contribution in [0.4, 0.5) is 13.2 Å². The van der Waals surface area contributed by atoms with Crippen molar-refractivity contribution in [3.8, 4) is 0 Å². The van der Waals surface area contributed by atoms with Gasteiger partial charge in [-0.25, -0.2) is 0 Å². The highest BCUT2D eigenvalue weighted by molar-refractivity contribution is 7.72. The third-order valence-corrected chi connectivity index (χ3v) is 7.60. The minimum atomic E-state index is -4.41. The normalized spacial score (nSPS) is 14.3. The number of rotatable bonds is 5. The minimum Gasteiger partial charge on any atom is -0.166 e. The van der Waals surface area contributed by atoms with Crippen LogP contribution < -0.4 is 0 Å². The largest absolute Gasteiger partial charge is 0.420 e. The lowest BCUT2D eigenvalue weighted by molar-refractivity contribution is -0.0688. The van der Waals surface area contributed by atoms with Crippen molar-refractivity contribution in [2.75, 3.05) is 42.3 Å². The maximum Gasteiger partial charge on any atom is 0.420 e. The molecule has 0 unspecified atom stereocenters. The lowest BCUT2D eigenvalue weighted by Crippen LogP contribution is -2.35. The lowest BCUT2D eigenvalue weighted by Gasteiger charge is -2.38. The van der Waals surface area contributed by atoms with Crippen LogP contribution in [-0.4, -0.2) is 62.5 Å². The Labute approximate surface area is 131 Å². The highest BCUT2D eigenvalue weighted by Crippen LogP contribution is 2.66. The molecule has 0 bridgehead atoms. The Balaban J connectivity index is 3.60. The monoisotopic (exact) mass is 334 g/mol. The third kappa shape index (κ3) is 3.87. The Kier molecular flexibility index (Phi) is 6.16. The van der Waals surface area contributed by atoms with Crippen molar-refractivity contribution in [1.29, 1.82) is 0 Å². The Morgan fingerprint density at radius 2 is 1.27 bits per heavy atom. The van der Waals surface area contributed by atoms with E-state index in [1.165, 1.54) is 17.9 Å². The van der Waals surface area contributed by atoms with Gasteiger partial charge in [0, 0.05) is 42.3 Å². The van der Waals surface area contributed by atoms with Crippen LogP contribution in [0.15, 0.2) is 36.1 Å². The van der Waals surface area contributed by atoms with Gasteiger partial charge in [0.25, 0.3) is 7.71 Å². The van der Waals surface area contributed by atoms with Crippen LogP contribution in [0.5, 0.6) is 0 Å². The maximum absolute atomic E-state index is 13.6. The molecule has 3 nitrogen and oxygen atoms in total. The van der Waals surface area contributed by atoms with E-state index < -0.39 is 19.5 Å². The van der Waals surface area contributed by atoms with Gasteiger partial charge in [-0.15, -0.1) is 0 Å². The second-order valence-corrected chi connectivity index (χ2v) is 9.45. The van der Waals surface area contributed by atoms with Crippen LogP contribution >= 0.6 is 7.71 Å². The smallest absolute Gasteiger partial charge is 0.166 e. The lowest BCUT2D eigenvalue weighted by atomic mass is 10.1. The van der Waals surface area contributed by atoms with Crippen molar-refractivity contribution in [2.45, 2.75) is 6.18 Å². The molecule has 0 saturated carbocycles. The zero-order valence-corrected chi connectivity index (χ0v) is 14.8. The molecular weight excluding hydrogens is 310 g/mol. The van der Waals surface area contributed by atoms with Crippen LogP contribution in [0, 0.1) is 0 Å². The topological polar surface area (TPSA) is 9.72 Å². The number of allylic oxidation sites excluding steroid dienone is 1. The third-order valence-electron chi connectivity index (χ3n) is 3.46. The molecule has 0 atom stereocenters. The molecule has 7 heteroatoms. The van der Waals surface area contributed by atoms with Crippen molar-refractivity contribution in [2.24, 2.45) is 0 Å². The van der Waals surface area contributed by atoms with E-state index in [1.54, 1.807) is 18.2 Å². The Morgan fingerprint density at radius 3 is 1.59 bits per heavy atom. The SMILES string of the molecule is CN(C)[P+](/C=C(\c1ccccc1)C(F)(F)F)(N(C)C)N(C)C. The summed E-state index contributed by atoms with van der Waals surface area (Å²) in [5.74, 6) is 1.38. The van der Waals surface area contributed by atoms with Crippen LogP contribution in [-0.2, 0) is 0 Å². The van der Waals surface area contributed by atoms with Crippen molar-refractivity contribution >= 4 is 13.3 Å². The molecule has 1 rings (SSSR count). The highest BCUT2D eigenvalue weighted by Gasteiger charge is 2.49. The molecule has 0 fully saturated rings. The van der Waals surface area contributed by atoms with Crippen LogP contribution in [0.3, 0.4) is 0 Å². The molecule has 22 heavy (non-hydrogen) atoms. The fraction of sp³-hybridized carbons (Fsp3) is 0.467. The number of halogens is 3. The molecule has 0 aliphatic rings. The molecule has 0 saturated heterocycles. The number of benzene rings is 1. The average molecular weight is 334 g/mol. The molecule has 124 valence electrons. The molecule has 0 aromatic heterocycles. The van der Waals surface area contributed by atoms with E-state index in [0.717, 1.165) is 0 Å². The van der Waals surface area contributed by atoms with Crippen LogP contribution in [0.1, 0.15) is 5.56 Å². The van der Waals surface area contributed by atoms with Crippen molar-refractivity contribution in [1.82, 2.24) is 14.0 Å². The zero-order valence-electron chi connectivity index (χ0n) is 13.9. The molecule has 0 radical (unpaired) electrons. The molecule has 1 aromatic carbocycles. The minimum absolute atomic E-state index is 0.185. The summed E-state index contributed by atoms with van der Waals surface area (Å²) in [6.45, 7) is 0. The number of alkyl halides is 3. The predicted molar refractivity (Wildman–Crippen MR) is 88.5 cm³/mol. The van der Waals surface area contributed by atoms with E-state index in [4.69, 9.17) is 0 Å². The van der Waals surface area contributed by atoms with Gasteiger partial charge in [-0.05, 0) is 5.56 Å². The second kappa shape index (κ2) is 7.09. The molecule has 0 spiro atoms. The van der Waals surface area contributed by atoms with Gasteiger partial charge in [-0.2, -0.15) is 27.2 Å². The van der Waals surface area contributed by atoms with E-state index in [9.17, 15) is 13.2 Å². The fourth-order valence-corrected chi connectivity index (χ4v) is 6.00. The standard InChI is InChI=1S/C15H24F3N3P/c1-19(2)22(20(3)4,21(5)6)12-14(15(16,17)18)13-10-8-7-9-11-13/h7-12H,1-6H3/q+1/b14-12+. The van der Waals surface area contributed by atoms with E-state index >= 15 is 0 Å². The van der Waals surface area contributed by atoms with Gasteiger partial charge >= 0.3 is 6.18 Å². The first kappa shape index (κ1) is 19.1. The summed E-state index contributed by atoms with van der Waals surface area (Å²) in [5.41, 5.74) is -0.414. The summed E-state index contributed by atoms with van der Waals surface area (Å²) in [6.07, 6.45) is -4.41. The molecule has 0 heterocycles. The van der Waals surface area contributed by atoms with Gasteiger partial charge < -0.3 is 0 Å².